The number of halogens is 1. The summed E-state index contributed by atoms with van der Waals surface area (Å²) in [6.45, 7) is 7.43. The van der Waals surface area contributed by atoms with E-state index in [9.17, 15) is 9.59 Å². The maximum atomic E-state index is 11.7. The molecule has 0 saturated heterocycles. The van der Waals surface area contributed by atoms with E-state index in [4.69, 9.17) is 11.6 Å². The Kier molecular flexibility index (Phi) is 3.98. The van der Waals surface area contributed by atoms with Gasteiger partial charge in [-0.25, -0.2) is 0 Å². The van der Waals surface area contributed by atoms with Crippen molar-refractivity contribution in [3.8, 4) is 0 Å². The van der Waals surface area contributed by atoms with Gasteiger partial charge in [-0.2, -0.15) is 0 Å². The molecule has 0 aliphatic rings. The van der Waals surface area contributed by atoms with Crippen molar-refractivity contribution < 1.29 is 4.79 Å². The fraction of sp³-hybridized carbons (Fsp3) is 0.500. The molecular weight excluding hydrogens is 240 g/mol. The summed E-state index contributed by atoms with van der Waals surface area (Å²) in [5.41, 5.74) is 0.580. The van der Waals surface area contributed by atoms with Crippen LogP contribution in [0.15, 0.2) is 10.9 Å². The van der Waals surface area contributed by atoms with Crippen molar-refractivity contribution in [2.24, 2.45) is 5.41 Å². The van der Waals surface area contributed by atoms with Crippen molar-refractivity contribution in [2.45, 2.75) is 34.2 Å². The zero-order chi connectivity index (χ0) is 13.2. The molecule has 17 heavy (non-hydrogen) atoms. The predicted molar refractivity (Wildman–Crippen MR) is 68.1 cm³/mol. The molecule has 5 heteroatoms. The molecule has 4 nitrogen and oxygen atoms in total. The van der Waals surface area contributed by atoms with Gasteiger partial charge in [-0.05, 0) is 6.92 Å². The number of nitrogens with one attached hydrogen (secondary N) is 2. The molecule has 0 aliphatic heterocycles. The number of amides is 1. The molecule has 1 rings (SSSR count). The fourth-order valence-corrected chi connectivity index (χ4v) is 1.57. The zero-order valence-corrected chi connectivity index (χ0v) is 11.2. The van der Waals surface area contributed by atoms with Crippen LogP contribution in [0, 0.1) is 12.3 Å². The molecule has 0 fully saturated rings. The molecule has 1 amide bonds. The van der Waals surface area contributed by atoms with Crippen LogP contribution in [-0.2, 0) is 11.3 Å². The van der Waals surface area contributed by atoms with E-state index < -0.39 is 5.41 Å². The van der Waals surface area contributed by atoms with Crippen molar-refractivity contribution in [1.82, 2.24) is 10.3 Å². The summed E-state index contributed by atoms with van der Waals surface area (Å²) in [6.07, 6.45) is 0. The molecule has 94 valence electrons. The summed E-state index contributed by atoms with van der Waals surface area (Å²) in [7, 11) is 0. The maximum absolute atomic E-state index is 11.7. The largest absolute Gasteiger partial charge is 0.351 e. The van der Waals surface area contributed by atoms with Crippen molar-refractivity contribution in [3.63, 3.8) is 0 Å². The number of hydrogen-bond acceptors (Lipinski definition) is 2. The van der Waals surface area contributed by atoms with E-state index in [1.807, 2.05) is 20.8 Å². The lowest BCUT2D eigenvalue weighted by atomic mass is 9.95. The number of carbonyl (C=O) groups is 1. The van der Waals surface area contributed by atoms with Crippen molar-refractivity contribution in [3.05, 3.63) is 32.7 Å². The summed E-state index contributed by atoms with van der Waals surface area (Å²) in [6, 6.07) is 1.31. The van der Waals surface area contributed by atoms with Gasteiger partial charge < -0.3 is 10.3 Å². The quantitative estimate of drug-likeness (QED) is 0.795. The van der Waals surface area contributed by atoms with Gasteiger partial charge >= 0.3 is 0 Å². The molecule has 0 atom stereocenters. The molecule has 0 aliphatic carbocycles. The molecule has 0 aromatic carbocycles. The van der Waals surface area contributed by atoms with E-state index in [-0.39, 0.29) is 17.9 Å². The van der Waals surface area contributed by atoms with Gasteiger partial charge in [0.05, 0.1) is 0 Å². The van der Waals surface area contributed by atoms with Gasteiger partial charge in [-0.1, -0.05) is 32.4 Å². The summed E-state index contributed by atoms with van der Waals surface area (Å²) >= 11 is 5.71. The van der Waals surface area contributed by atoms with Crippen LogP contribution in [0.25, 0.3) is 0 Å². The van der Waals surface area contributed by atoms with Crippen molar-refractivity contribution in [1.29, 1.82) is 0 Å². The topological polar surface area (TPSA) is 62.0 Å². The lowest BCUT2D eigenvalue weighted by Crippen LogP contribution is -2.35. The number of rotatable bonds is 2. The van der Waals surface area contributed by atoms with Crippen LogP contribution < -0.4 is 10.7 Å². The van der Waals surface area contributed by atoms with Gasteiger partial charge in [0.2, 0.25) is 5.91 Å². The SMILES string of the molecule is Cc1[nH]c(Cl)cc(=O)c1CNC(=O)C(C)(C)C. The van der Waals surface area contributed by atoms with E-state index in [1.54, 1.807) is 6.92 Å². The standard InChI is InChI=1S/C12H17ClN2O2/c1-7-8(9(16)5-10(13)15-7)6-14-11(17)12(2,3)4/h5H,6H2,1-4H3,(H,14,17)(H,15,16). The van der Waals surface area contributed by atoms with Crippen LogP contribution in [0.4, 0.5) is 0 Å². The third-order valence-corrected chi connectivity index (χ3v) is 2.63. The minimum absolute atomic E-state index is 0.0914. The van der Waals surface area contributed by atoms with Gasteiger partial charge in [0, 0.05) is 29.3 Å². The van der Waals surface area contributed by atoms with Gasteiger partial charge in [-0.3, -0.25) is 9.59 Å². The van der Waals surface area contributed by atoms with Gasteiger partial charge in [-0.15, -0.1) is 0 Å². The highest BCUT2D eigenvalue weighted by molar-refractivity contribution is 6.29. The third kappa shape index (κ3) is 3.60. The lowest BCUT2D eigenvalue weighted by molar-refractivity contribution is -0.128. The Bertz CT molecular complexity index is 486. The second-order valence-corrected chi connectivity index (χ2v) is 5.42. The highest BCUT2D eigenvalue weighted by atomic mass is 35.5. The fourth-order valence-electron chi connectivity index (χ4n) is 1.33. The molecule has 2 N–H and O–H groups in total. The number of pyridine rings is 1. The van der Waals surface area contributed by atoms with E-state index >= 15 is 0 Å². The van der Waals surface area contributed by atoms with Gasteiger partial charge in [0.15, 0.2) is 5.43 Å². The Hall–Kier alpha value is -1.29. The first-order chi connectivity index (χ1) is 7.71. The van der Waals surface area contributed by atoms with Crippen LogP contribution in [0.2, 0.25) is 5.15 Å². The molecule has 0 saturated carbocycles. The number of aromatic amines is 1. The number of hydrogen-bond donors (Lipinski definition) is 2. The number of aromatic nitrogens is 1. The Labute approximate surface area is 105 Å². The van der Waals surface area contributed by atoms with E-state index in [2.05, 4.69) is 10.3 Å². The molecule has 1 heterocycles. The van der Waals surface area contributed by atoms with Crippen molar-refractivity contribution >= 4 is 17.5 Å². The van der Waals surface area contributed by atoms with Crippen molar-refractivity contribution in [2.75, 3.05) is 0 Å². The summed E-state index contributed by atoms with van der Waals surface area (Å²) in [4.78, 5) is 26.2. The molecule has 0 unspecified atom stereocenters. The molecule has 1 aromatic rings. The minimum Gasteiger partial charge on any atom is -0.351 e. The first-order valence-corrected chi connectivity index (χ1v) is 5.76. The van der Waals surface area contributed by atoms with Crippen LogP contribution in [0.1, 0.15) is 32.0 Å². The average Bonchev–Trinajstić information content (AvgIpc) is 2.13. The monoisotopic (exact) mass is 256 g/mol. The number of H-pyrrole nitrogens is 1. The normalized spacial score (nSPS) is 11.4. The number of carbonyl (C=O) groups excluding carboxylic acids is 1. The van der Waals surface area contributed by atoms with Gasteiger partial charge in [0.1, 0.15) is 5.15 Å². The second-order valence-electron chi connectivity index (χ2n) is 5.02. The first kappa shape index (κ1) is 13.8. The highest BCUT2D eigenvalue weighted by Gasteiger charge is 2.21. The molecule has 0 radical (unpaired) electrons. The Balaban J connectivity index is 2.84. The van der Waals surface area contributed by atoms with Crippen LogP contribution in [-0.4, -0.2) is 10.9 Å². The summed E-state index contributed by atoms with van der Waals surface area (Å²) in [5, 5.41) is 3.04. The second kappa shape index (κ2) is 4.92. The Morgan fingerprint density at radius 3 is 2.53 bits per heavy atom. The van der Waals surface area contributed by atoms with Crippen LogP contribution in [0.5, 0.6) is 0 Å². The van der Waals surface area contributed by atoms with Gasteiger partial charge in [0.25, 0.3) is 0 Å². The smallest absolute Gasteiger partial charge is 0.225 e. The first-order valence-electron chi connectivity index (χ1n) is 5.38. The Morgan fingerprint density at radius 2 is 2.06 bits per heavy atom. The molecular formula is C12H17ClN2O2. The highest BCUT2D eigenvalue weighted by Crippen LogP contribution is 2.13. The van der Waals surface area contributed by atoms with E-state index in [0.717, 1.165) is 0 Å². The Morgan fingerprint density at radius 1 is 1.47 bits per heavy atom. The lowest BCUT2D eigenvalue weighted by Gasteiger charge is -2.17. The van der Waals surface area contributed by atoms with Crippen LogP contribution >= 0.6 is 11.6 Å². The van der Waals surface area contributed by atoms with Crippen LogP contribution in [0.3, 0.4) is 0 Å². The predicted octanol–water partition coefficient (Wildman–Crippen LogP) is 2.00. The van der Waals surface area contributed by atoms with E-state index in [0.29, 0.717) is 16.4 Å². The minimum atomic E-state index is -0.465. The summed E-state index contributed by atoms with van der Waals surface area (Å²) < 4.78 is 0. The summed E-state index contributed by atoms with van der Waals surface area (Å²) in [5.74, 6) is -0.0914. The maximum Gasteiger partial charge on any atom is 0.225 e. The third-order valence-electron chi connectivity index (χ3n) is 2.42. The average molecular weight is 257 g/mol. The molecule has 1 aromatic heterocycles. The number of aryl methyl sites for hydroxylation is 1. The van der Waals surface area contributed by atoms with E-state index in [1.165, 1.54) is 6.07 Å². The zero-order valence-electron chi connectivity index (χ0n) is 10.5. The molecule has 0 bridgehead atoms. The molecule has 0 spiro atoms.